The van der Waals surface area contributed by atoms with E-state index in [0.29, 0.717) is 12.6 Å². The number of aliphatic imine (C=N–C) groups is 1. The third-order valence-corrected chi connectivity index (χ3v) is 4.70. The van der Waals surface area contributed by atoms with Crippen molar-refractivity contribution in [3.63, 3.8) is 0 Å². The van der Waals surface area contributed by atoms with E-state index in [2.05, 4.69) is 51.7 Å². The fourth-order valence-corrected chi connectivity index (χ4v) is 3.20. The van der Waals surface area contributed by atoms with Crippen molar-refractivity contribution in [1.82, 2.24) is 10.6 Å². The SMILES string of the molecule is CCNC(=NCc1ccc(O)c(F)c1)NC1CCN(c2ccc(C)cc2)C1. The number of nitrogens with zero attached hydrogens (tertiary/aromatic N) is 2. The third kappa shape index (κ3) is 5.12. The number of hydrogen-bond donors (Lipinski definition) is 3. The molecule has 0 radical (unpaired) electrons. The summed E-state index contributed by atoms with van der Waals surface area (Å²) in [6.07, 6.45) is 1.03. The Hall–Kier alpha value is -2.76. The minimum absolute atomic E-state index is 0.306. The lowest BCUT2D eigenvalue weighted by Gasteiger charge is -2.20. The molecule has 0 spiro atoms. The molecule has 1 fully saturated rings. The first-order valence-corrected chi connectivity index (χ1v) is 9.39. The summed E-state index contributed by atoms with van der Waals surface area (Å²) < 4.78 is 13.5. The second kappa shape index (κ2) is 8.75. The van der Waals surface area contributed by atoms with Gasteiger partial charge < -0.3 is 20.6 Å². The van der Waals surface area contributed by atoms with E-state index in [1.54, 1.807) is 6.07 Å². The molecule has 0 aliphatic carbocycles. The van der Waals surface area contributed by atoms with Gasteiger partial charge in [-0.25, -0.2) is 9.38 Å². The van der Waals surface area contributed by atoms with E-state index < -0.39 is 5.82 Å². The molecule has 1 saturated heterocycles. The fraction of sp³-hybridized carbons (Fsp3) is 0.381. The van der Waals surface area contributed by atoms with Crippen LogP contribution in [-0.4, -0.2) is 36.7 Å². The van der Waals surface area contributed by atoms with Crippen molar-refractivity contribution in [2.75, 3.05) is 24.5 Å². The smallest absolute Gasteiger partial charge is 0.191 e. The van der Waals surface area contributed by atoms with Gasteiger partial charge in [-0.3, -0.25) is 0 Å². The lowest BCUT2D eigenvalue weighted by atomic mass is 10.2. The molecule has 3 rings (SSSR count). The zero-order valence-corrected chi connectivity index (χ0v) is 15.9. The number of benzene rings is 2. The molecular formula is C21H27FN4O. The lowest BCUT2D eigenvalue weighted by molar-refractivity contribution is 0.432. The maximum Gasteiger partial charge on any atom is 0.191 e. The Morgan fingerprint density at radius 1 is 1.26 bits per heavy atom. The molecule has 144 valence electrons. The highest BCUT2D eigenvalue weighted by Gasteiger charge is 2.23. The minimum Gasteiger partial charge on any atom is -0.505 e. The van der Waals surface area contributed by atoms with Crippen LogP contribution in [0.4, 0.5) is 10.1 Å². The van der Waals surface area contributed by atoms with Gasteiger partial charge >= 0.3 is 0 Å². The Labute approximate surface area is 159 Å². The van der Waals surface area contributed by atoms with Crippen LogP contribution in [0.1, 0.15) is 24.5 Å². The molecule has 2 aromatic rings. The number of hydrogen-bond acceptors (Lipinski definition) is 3. The van der Waals surface area contributed by atoms with Gasteiger partial charge in [0, 0.05) is 31.4 Å². The first kappa shape index (κ1) is 19.0. The number of anilines is 1. The summed E-state index contributed by atoms with van der Waals surface area (Å²) in [7, 11) is 0. The van der Waals surface area contributed by atoms with Crippen LogP contribution in [0.3, 0.4) is 0 Å². The number of nitrogens with one attached hydrogen (secondary N) is 2. The van der Waals surface area contributed by atoms with Gasteiger partial charge in [-0.15, -0.1) is 0 Å². The van der Waals surface area contributed by atoms with E-state index in [1.807, 2.05) is 6.92 Å². The van der Waals surface area contributed by atoms with Gasteiger partial charge in [0.1, 0.15) is 0 Å². The van der Waals surface area contributed by atoms with Crippen LogP contribution < -0.4 is 15.5 Å². The second-order valence-electron chi connectivity index (χ2n) is 6.89. The first-order chi connectivity index (χ1) is 13.0. The van der Waals surface area contributed by atoms with Gasteiger partial charge in [-0.1, -0.05) is 23.8 Å². The molecule has 1 unspecified atom stereocenters. The Balaban J connectivity index is 1.60. The summed E-state index contributed by atoms with van der Waals surface area (Å²) in [6.45, 7) is 7.14. The number of halogens is 1. The number of aromatic hydroxyl groups is 1. The maximum atomic E-state index is 13.5. The molecule has 5 nitrogen and oxygen atoms in total. The summed E-state index contributed by atoms with van der Waals surface area (Å²) in [5.74, 6) is -0.234. The van der Waals surface area contributed by atoms with E-state index in [1.165, 1.54) is 23.4 Å². The third-order valence-electron chi connectivity index (χ3n) is 4.70. The highest BCUT2D eigenvalue weighted by Crippen LogP contribution is 2.21. The second-order valence-corrected chi connectivity index (χ2v) is 6.89. The molecule has 1 heterocycles. The molecule has 1 aliphatic rings. The topological polar surface area (TPSA) is 59.9 Å². The van der Waals surface area contributed by atoms with Crippen molar-refractivity contribution in [3.05, 3.63) is 59.4 Å². The summed E-state index contributed by atoms with van der Waals surface area (Å²) >= 11 is 0. The van der Waals surface area contributed by atoms with Crippen molar-refractivity contribution >= 4 is 11.6 Å². The molecule has 0 aromatic heterocycles. The van der Waals surface area contributed by atoms with Crippen molar-refractivity contribution < 1.29 is 9.50 Å². The van der Waals surface area contributed by atoms with Gasteiger partial charge in [0.15, 0.2) is 17.5 Å². The quantitative estimate of drug-likeness (QED) is 0.559. The Morgan fingerprint density at radius 3 is 2.74 bits per heavy atom. The van der Waals surface area contributed by atoms with Crippen LogP contribution in [0.25, 0.3) is 0 Å². The zero-order chi connectivity index (χ0) is 19.2. The number of rotatable bonds is 5. The van der Waals surface area contributed by atoms with Crippen LogP contribution in [0, 0.1) is 12.7 Å². The lowest BCUT2D eigenvalue weighted by Crippen LogP contribution is -2.44. The standard InChI is InChI=1S/C21H27FN4O/c1-3-23-21(24-13-16-6-9-20(27)19(22)12-16)25-17-10-11-26(14-17)18-7-4-15(2)5-8-18/h4-9,12,17,27H,3,10-11,13-14H2,1-2H3,(H2,23,24,25). The van der Waals surface area contributed by atoms with Crippen molar-refractivity contribution in [1.29, 1.82) is 0 Å². The average molecular weight is 370 g/mol. The Bertz CT molecular complexity index is 791. The highest BCUT2D eigenvalue weighted by atomic mass is 19.1. The molecule has 3 N–H and O–H groups in total. The number of phenolic OH excluding ortho intramolecular Hbond substituents is 1. The predicted molar refractivity (Wildman–Crippen MR) is 108 cm³/mol. The van der Waals surface area contributed by atoms with Crippen molar-refractivity contribution in [3.8, 4) is 5.75 Å². The molecule has 2 aromatic carbocycles. The monoisotopic (exact) mass is 370 g/mol. The van der Waals surface area contributed by atoms with Crippen LogP contribution in [0.15, 0.2) is 47.5 Å². The fourth-order valence-electron chi connectivity index (χ4n) is 3.20. The Kier molecular flexibility index (Phi) is 6.16. The van der Waals surface area contributed by atoms with Crippen molar-refractivity contribution in [2.45, 2.75) is 32.9 Å². The molecule has 0 bridgehead atoms. The Morgan fingerprint density at radius 2 is 2.04 bits per heavy atom. The molecule has 6 heteroatoms. The zero-order valence-electron chi connectivity index (χ0n) is 15.9. The molecule has 27 heavy (non-hydrogen) atoms. The van der Waals surface area contributed by atoms with Crippen LogP contribution in [-0.2, 0) is 6.54 Å². The van der Waals surface area contributed by atoms with Crippen LogP contribution >= 0.6 is 0 Å². The van der Waals surface area contributed by atoms with Gasteiger partial charge in [0.25, 0.3) is 0 Å². The maximum absolute atomic E-state index is 13.5. The van der Waals surface area contributed by atoms with E-state index in [0.717, 1.165) is 37.6 Å². The number of guanidine groups is 1. The van der Waals surface area contributed by atoms with Gasteiger partial charge in [0.05, 0.1) is 6.54 Å². The summed E-state index contributed by atoms with van der Waals surface area (Å²) in [6, 6.07) is 13.3. The molecule has 0 saturated carbocycles. The van der Waals surface area contributed by atoms with Crippen molar-refractivity contribution in [2.24, 2.45) is 4.99 Å². The predicted octanol–water partition coefficient (Wildman–Crippen LogP) is 3.17. The molecule has 1 aliphatic heterocycles. The van der Waals surface area contributed by atoms with E-state index >= 15 is 0 Å². The largest absolute Gasteiger partial charge is 0.505 e. The number of phenols is 1. The molecular weight excluding hydrogens is 343 g/mol. The molecule has 0 amide bonds. The highest BCUT2D eigenvalue weighted by molar-refractivity contribution is 5.80. The van der Waals surface area contributed by atoms with Crippen LogP contribution in [0.2, 0.25) is 0 Å². The van der Waals surface area contributed by atoms with E-state index in [9.17, 15) is 9.50 Å². The van der Waals surface area contributed by atoms with Gasteiger partial charge in [-0.05, 0) is 50.1 Å². The van der Waals surface area contributed by atoms with E-state index in [4.69, 9.17) is 0 Å². The van der Waals surface area contributed by atoms with Gasteiger partial charge in [-0.2, -0.15) is 0 Å². The minimum atomic E-state index is -0.620. The van der Waals surface area contributed by atoms with Gasteiger partial charge in [0.2, 0.25) is 0 Å². The summed E-state index contributed by atoms with van der Waals surface area (Å²) in [5, 5.41) is 16.0. The summed E-state index contributed by atoms with van der Waals surface area (Å²) in [4.78, 5) is 6.93. The van der Waals surface area contributed by atoms with E-state index in [-0.39, 0.29) is 5.75 Å². The average Bonchev–Trinajstić information content (AvgIpc) is 3.12. The first-order valence-electron chi connectivity index (χ1n) is 9.39. The summed E-state index contributed by atoms with van der Waals surface area (Å²) in [5.41, 5.74) is 3.22. The number of aryl methyl sites for hydroxylation is 1. The normalized spacial score (nSPS) is 17.2. The van der Waals surface area contributed by atoms with Crippen LogP contribution in [0.5, 0.6) is 5.75 Å². The molecule has 1 atom stereocenters.